The summed E-state index contributed by atoms with van der Waals surface area (Å²) in [6, 6.07) is 13.6. The number of rotatable bonds is 3. The van der Waals surface area contributed by atoms with Crippen molar-refractivity contribution in [3.63, 3.8) is 0 Å². The van der Waals surface area contributed by atoms with Crippen LogP contribution in [-0.2, 0) is 0 Å². The first kappa shape index (κ1) is 14.4. The predicted octanol–water partition coefficient (Wildman–Crippen LogP) is 4.12. The number of methoxy groups -OCH3 is 1. The molecule has 110 valence electrons. The molecule has 0 spiro atoms. The van der Waals surface area contributed by atoms with Gasteiger partial charge in [0.2, 0.25) is 0 Å². The number of pyridine rings is 1. The van der Waals surface area contributed by atoms with Gasteiger partial charge in [0.25, 0.3) is 0 Å². The lowest BCUT2D eigenvalue weighted by molar-refractivity contribution is 0.0737. The molecule has 0 aliphatic heterocycles. The van der Waals surface area contributed by atoms with Crippen molar-refractivity contribution in [1.29, 1.82) is 0 Å². The van der Waals surface area contributed by atoms with Crippen LogP contribution in [0.3, 0.4) is 0 Å². The highest BCUT2D eigenvalue weighted by Gasteiger charge is 2.13. The van der Waals surface area contributed by atoms with Crippen molar-refractivity contribution in [3.05, 3.63) is 65.3 Å². The minimum atomic E-state index is -0.461. The molecule has 0 saturated carbocycles. The average molecular weight is 314 g/mol. The Balaban J connectivity index is 1.92. The molecule has 0 fully saturated rings. The molecule has 4 nitrogen and oxygen atoms in total. The second kappa shape index (κ2) is 6.03. The molecule has 0 aliphatic carbocycles. The minimum Gasteiger partial charge on any atom is -0.497 e. The van der Waals surface area contributed by atoms with Crippen LogP contribution in [0, 0.1) is 0 Å². The number of nitrogens with zero attached hydrogens (tertiary/aromatic N) is 1. The third-order valence-electron chi connectivity index (χ3n) is 3.21. The number of benzene rings is 2. The van der Waals surface area contributed by atoms with Gasteiger partial charge in [-0.2, -0.15) is 0 Å². The number of aromatic nitrogens is 1. The molecule has 0 N–H and O–H groups in total. The van der Waals surface area contributed by atoms with Crippen LogP contribution < -0.4 is 9.47 Å². The highest BCUT2D eigenvalue weighted by molar-refractivity contribution is 6.35. The van der Waals surface area contributed by atoms with Crippen LogP contribution in [0.4, 0.5) is 0 Å². The SMILES string of the molecule is COc1ccc(C(=O)Oc2ccc(Cl)c3cccnc23)cc1. The summed E-state index contributed by atoms with van der Waals surface area (Å²) >= 11 is 6.12. The maximum Gasteiger partial charge on any atom is 0.343 e. The number of carbonyl (C=O) groups is 1. The number of halogens is 1. The van der Waals surface area contributed by atoms with E-state index in [2.05, 4.69) is 4.98 Å². The van der Waals surface area contributed by atoms with Crippen molar-refractivity contribution in [2.45, 2.75) is 0 Å². The van der Waals surface area contributed by atoms with E-state index in [0.717, 1.165) is 5.39 Å². The van der Waals surface area contributed by atoms with E-state index in [-0.39, 0.29) is 0 Å². The Morgan fingerprint density at radius 3 is 2.59 bits per heavy atom. The van der Waals surface area contributed by atoms with Gasteiger partial charge in [0, 0.05) is 11.6 Å². The number of hydrogen-bond donors (Lipinski definition) is 0. The predicted molar refractivity (Wildman–Crippen MR) is 84.7 cm³/mol. The Morgan fingerprint density at radius 1 is 1.09 bits per heavy atom. The van der Waals surface area contributed by atoms with E-state index in [1.807, 2.05) is 6.07 Å². The molecular weight excluding hydrogens is 302 g/mol. The third kappa shape index (κ3) is 2.73. The molecule has 0 aliphatic rings. The van der Waals surface area contributed by atoms with Gasteiger partial charge in [0.15, 0.2) is 5.75 Å². The monoisotopic (exact) mass is 313 g/mol. The number of carbonyl (C=O) groups excluding carboxylic acids is 1. The first-order valence-corrected chi connectivity index (χ1v) is 6.96. The number of fused-ring (bicyclic) bond motifs is 1. The van der Waals surface area contributed by atoms with Gasteiger partial charge in [-0.1, -0.05) is 11.6 Å². The Hall–Kier alpha value is -2.59. The van der Waals surface area contributed by atoms with Gasteiger partial charge in [-0.15, -0.1) is 0 Å². The van der Waals surface area contributed by atoms with Crippen LogP contribution in [0.1, 0.15) is 10.4 Å². The molecule has 1 aromatic heterocycles. The zero-order chi connectivity index (χ0) is 15.5. The molecule has 0 radical (unpaired) electrons. The fourth-order valence-electron chi connectivity index (χ4n) is 2.08. The van der Waals surface area contributed by atoms with E-state index in [9.17, 15) is 4.79 Å². The molecule has 5 heteroatoms. The normalized spacial score (nSPS) is 10.5. The van der Waals surface area contributed by atoms with Crippen LogP contribution in [0.2, 0.25) is 5.02 Å². The molecule has 1 heterocycles. The van der Waals surface area contributed by atoms with Crippen molar-refractivity contribution in [2.75, 3.05) is 7.11 Å². The molecular formula is C17H12ClNO3. The molecule has 3 aromatic rings. The number of hydrogen-bond acceptors (Lipinski definition) is 4. The Morgan fingerprint density at radius 2 is 1.86 bits per heavy atom. The standard InChI is InChI=1S/C17H12ClNO3/c1-21-12-6-4-11(5-7-12)17(20)22-15-9-8-14(18)13-3-2-10-19-16(13)15/h2-10H,1H3. The summed E-state index contributed by atoms with van der Waals surface area (Å²) < 4.78 is 10.5. The van der Waals surface area contributed by atoms with Crippen molar-refractivity contribution in [2.24, 2.45) is 0 Å². The summed E-state index contributed by atoms with van der Waals surface area (Å²) in [5.41, 5.74) is 0.983. The van der Waals surface area contributed by atoms with Crippen LogP contribution >= 0.6 is 11.6 Å². The average Bonchev–Trinajstić information content (AvgIpc) is 2.57. The number of ether oxygens (including phenoxy) is 2. The maximum atomic E-state index is 12.2. The van der Waals surface area contributed by atoms with Crippen LogP contribution in [0.5, 0.6) is 11.5 Å². The van der Waals surface area contributed by atoms with Crippen molar-refractivity contribution < 1.29 is 14.3 Å². The second-order valence-electron chi connectivity index (χ2n) is 4.56. The van der Waals surface area contributed by atoms with Crippen LogP contribution in [0.25, 0.3) is 10.9 Å². The quantitative estimate of drug-likeness (QED) is 0.539. The van der Waals surface area contributed by atoms with Gasteiger partial charge in [-0.3, -0.25) is 4.98 Å². The van der Waals surface area contributed by atoms with Crippen LogP contribution in [0.15, 0.2) is 54.7 Å². The fraction of sp³-hybridized carbons (Fsp3) is 0.0588. The van der Waals surface area contributed by atoms with E-state index in [1.165, 1.54) is 0 Å². The lowest BCUT2D eigenvalue weighted by Gasteiger charge is -2.08. The van der Waals surface area contributed by atoms with Gasteiger partial charge in [-0.25, -0.2) is 4.79 Å². The van der Waals surface area contributed by atoms with Crippen molar-refractivity contribution >= 4 is 28.5 Å². The largest absolute Gasteiger partial charge is 0.497 e. The van der Waals surface area contributed by atoms with E-state index in [4.69, 9.17) is 21.1 Å². The topological polar surface area (TPSA) is 48.4 Å². The van der Waals surface area contributed by atoms with Gasteiger partial charge in [0.05, 0.1) is 17.7 Å². The van der Waals surface area contributed by atoms with Crippen LogP contribution in [-0.4, -0.2) is 18.1 Å². The minimum absolute atomic E-state index is 0.376. The highest BCUT2D eigenvalue weighted by atomic mass is 35.5. The molecule has 0 bridgehead atoms. The summed E-state index contributed by atoms with van der Waals surface area (Å²) in [7, 11) is 1.57. The molecule has 0 amide bonds. The zero-order valence-corrected chi connectivity index (χ0v) is 12.5. The first-order valence-electron chi connectivity index (χ1n) is 6.58. The molecule has 22 heavy (non-hydrogen) atoms. The van der Waals surface area contributed by atoms with E-state index in [1.54, 1.807) is 55.8 Å². The third-order valence-corrected chi connectivity index (χ3v) is 3.54. The Labute approximate surface area is 132 Å². The summed E-state index contributed by atoms with van der Waals surface area (Å²) in [6.45, 7) is 0. The molecule has 2 aromatic carbocycles. The Bertz CT molecular complexity index is 831. The van der Waals surface area contributed by atoms with Crippen molar-refractivity contribution in [1.82, 2.24) is 4.98 Å². The molecule has 0 unspecified atom stereocenters. The fourth-order valence-corrected chi connectivity index (χ4v) is 2.30. The lowest BCUT2D eigenvalue weighted by Crippen LogP contribution is -2.08. The van der Waals surface area contributed by atoms with Gasteiger partial charge < -0.3 is 9.47 Å². The highest BCUT2D eigenvalue weighted by Crippen LogP contribution is 2.30. The number of esters is 1. The smallest absolute Gasteiger partial charge is 0.343 e. The van der Waals surface area contributed by atoms with Crippen molar-refractivity contribution in [3.8, 4) is 11.5 Å². The van der Waals surface area contributed by atoms with Gasteiger partial charge in [-0.05, 0) is 48.5 Å². The Kier molecular flexibility index (Phi) is 3.94. The first-order chi connectivity index (χ1) is 10.7. The summed E-state index contributed by atoms with van der Waals surface area (Å²) in [5, 5.41) is 1.30. The lowest BCUT2D eigenvalue weighted by atomic mass is 10.2. The molecule has 0 atom stereocenters. The summed E-state index contributed by atoms with van der Waals surface area (Å²) in [5.74, 6) is 0.591. The second-order valence-corrected chi connectivity index (χ2v) is 4.97. The molecule has 0 saturated heterocycles. The van der Waals surface area contributed by atoms with Gasteiger partial charge >= 0.3 is 5.97 Å². The van der Waals surface area contributed by atoms with E-state index in [0.29, 0.717) is 27.6 Å². The molecule has 3 rings (SSSR count). The zero-order valence-electron chi connectivity index (χ0n) is 11.7. The van der Waals surface area contributed by atoms with E-state index < -0.39 is 5.97 Å². The van der Waals surface area contributed by atoms with Gasteiger partial charge in [0.1, 0.15) is 11.3 Å². The van der Waals surface area contributed by atoms with E-state index >= 15 is 0 Å². The maximum absolute atomic E-state index is 12.2. The summed E-state index contributed by atoms with van der Waals surface area (Å²) in [4.78, 5) is 16.5. The summed E-state index contributed by atoms with van der Waals surface area (Å²) in [6.07, 6.45) is 1.63.